The predicted molar refractivity (Wildman–Crippen MR) is 116 cm³/mol. The molecule has 0 saturated heterocycles. The van der Waals surface area contributed by atoms with Crippen molar-refractivity contribution in [3.8, 4) is 11.1 Å². The Hall–Kier alpha value is -2.66. The fourth-order valence-corrected chi connectivity index (χ4v) is 3.99. The van der Waals surface area contributed by atoms with Gasteiger partial charge in [-0.1, -0.05) is 30.3 Å². The lowest BCUT2D eigenvalue weighted by atomic mass is 9.91. The van der Waals surface area contributed by atoms with E-state index in [-0.39, 0.29) is 0 Å². The third kappa shape index (κ3) is 3.79. The van der Waals surface area contributed by atoms with Crippen LogP contribution in [-0.2, 0) is 16.1 Å². The molecule has 0 aliphatic rings. The summed E-state index contributed by atoms with van der Waals surface area (Å²) >= 11 is 0. The Balaban J connectivity index is 2.48. The molecule has 0 saturated carbocycles. The van der Waals surface area contributed by atoms with Gasteiger partial charge in [-0.3, -0.25) is 0 Å². The number of aryl methyl sites for hydroxylation is 3. The van der Waals surface area contributed by atoms with Crippen molar-refractivity contribution >= 4 is 17.0 Å². The van der Waals surface area contributed by atoms with Crippen LogP contribution >= 0.6 is 0 Å². The lowest BCUT2D eigenvalue weighted by Gasteiger charge is -2.28. The first kappa shape index (κ1) is 21.1. The highest BCUT2D eigenvalue weighted by atomic mass is 16.5. The van der Waals surface area contributed by atoms with Crippen LogP contribution in [0.3, 0.4) is 0 Å². The summed E-state index contributed by atoms with van der Waals surface area (Å²) in [7, 11) is 0. The van der Waals surface area contributed by atoms with Crippen LogP contribution in [0.4, 0.5) is 0 Å². The highest BCUT2D eigenvalue weighted by molar-refractivity contribution is 6.00. The van der Waals surface area contributed by atoms with Crippen LogP contribution in [0.25, 0.3) is 22.2 Å². The molecule has 1 aromatic carbocycles. The number of fused-ring (bicyclic) bond motifs is 1. The lowest BCUT2D eigenvalue weighted by Crippen LogP contribution is -2.28. The van der Waals surface area contributed by atoms with Crippen LogP contribution in [0.5, 0.6) is 0 Å². The average Bonchev–Trinajstić information content (AvgIpc) is 2.88. The van der Waals surface area contributed by atoms with Crippen molar-refractivity contribution in [1.82, 2.24) is 9.55 Å². The van der Waals surface area contributed by atoms with E-state index in [0.29, 0.717) is 11.3 Å². The Morgan fingerprint density at radius 2 is 1.79 bits per heavy atom. The molecule has 0 fully saturated rings. The van der Waals surface area contributed by atoms with Gasteiger partial charge in [0.05, 0.1) is 5.60 Å². The van der Waals surface area contributed by atoms with Gasteiger partial charge in [0.2, 0.25) is 0 Å². The SMILES string of the molecule is CCn1c(C)c(C)c2c(-c3ccccc3)c(C(OC(C)(C)C)C(=O)O)c(C)nc21. The molecule has 3 aromatic rings. The minimum atomic E-state index is -1.10. The van der Waals surface area contributed by atoms with Gasteiger partial charge in [-0.05, 0) is 59.6 Å². The zero-order valence-corrected chi connectivity index (χ0v) is 18.3. The van der Waals surface area contributed by atoms with Gasteiger partial charge in [-0.25, -0.2) is 9.78 Å². The van der Waals surface area contributed by atoms with Crippen molar-refractivity contribution in [2.75, 3.05) is 0 Å². The molecular weight excluding hydrogens is 364 g/mol. The topological polar surface area (TPSA) is 64.3 Å². The minimum absolute atomic E-state index is 0.612. The zero-order valence-electron chi connectivity index (χ0n) is 18.3. The third-order valence-electron chi connectivity index (χ3n) is 5.32. The lowest BCUT2D eigenvalue weighted by molar-refractivity contribution is -0.160. The van der Waals surface area contributed by atoms with E-state index in [1.807, 2.05) is 58.0 Å². The van der Waals surface area contributed by atoms with E-state index in [1.54, 1.807) is 0 Å². The number of hydrogen-bond donors (Lipinski definition) is 1. The third-order valence-corrected chi connectivity index (χ3v) is 5.32. The standard InChI is InChI=1S/C24H30N2O3/c1-8-26-16(4)14(2)18-20(17-12-10-9-11-13-17)19(15(3)25-22(18)26)21(23(27)28)29-24(5,6)7/h9-13,21H,8H2,1-7H3,(H,27,28). The highest BCUT2D eigenvalue weighted by Crippen LogP contribution is 2.41. The molecule has 3 rings (SSSR count). The number of rotatable bonds is 5. The van der Waals surface area contributed by atoms with Crippen molar-refractivity contribution < 1.29 is 14.6 Å². The molecule has 2 aromatic heterocycles. The van der Waals surface area contributed by atoms with Crippen molar-refractivity contribution in [2.24, 2.45) is 0 Å². The van der Waals surface area contributed by atoms with E-state index < -0.39 is 17.7 Å². The van der Waals surface area contributed by atoms with E-state index >= 15 is 0 Å². The van der Waals surface area contributed by atoms with Crippen LogP contribution in [0.2, 0.25) is 0 Å². The number of ether oxygens (including phenoxy) is 1. The van der Waals surface area contributed by atoms with Gasteiger partial charge in [0.25, 0.3) is 0 Å². The summed E-state index contributed by atoms with van der Waals surface area (Å²) in [4.78, 5) is 17.2. The molecule has 0 spiro atoms. The van der Waals surface area contributed by atoms with E-state index in [0.717, 1.165) is 40.0 Å². The fraction of sp³-hybridized carbons (Fsp3) is 0.417. The van der Waals surface area contributed by atoms with Crippen molar-refractivity contribution in [3.05, 3.63) is 52.8 Å². The van der Waals surface area contributed by atoms with Crippen LogP contribution < -0.4 is 0 Å². The second-order valence-electron chi connectivity index (χ2n) is 8.45. The number of hydrogen-bond acceptors (Lipinski definition) is 3. The molecule has 1 N–H and O–H groups in total. The normalized spacial score (nSPS) is 13.1. The summed E-state index contributed by atoms with van der Waals surface area (Å²) in [5.41, 5.74) is 5.72. The maximum Gasteiger partial charge on any atom is 0.337 e. The smallest absolute Gasteiger partial charge is 0.337 e. The molecule has 0 aliphatic heterocycles. The number of carbonyl (C=O) groups is 1. The number of aromatic nitrogens is 2. The quantitative estimate of drug-likeness (QED) is 0.613. The summed E-state index contributed by atoms with van der Waals surface area (Å²) in [6.45, 7) is 14.6. The molecule has 2 heterocycles. The Bertz CT molecular complexity index is 1060. The largest absolute Gasteiger partial charge is 0.479 e. The molecular formula is C24H30N2O3. The van der Waals surface area contributed by atoms with Gasteiger partial charge in [0.15, 0.2) is 6.10 Å². The molecule has 1 atom stereocenters. The number of carboxylic acids is 1. The molecule has 1 unspecified atom stereocenters. The van der Waals surface area contributed by atoms with Gasteiger partial charge < -0.3 is 14.4 Å². The summed E-state index contributed by atoms with van der Waals surface area (Å²) in [5, 5.41) is 11.1. The molecule has 0 amide bonds. The zero-order chi connectivity index (χ0) is 21.5. The van der Waals surface area contributed by atoms with Crippen LogP contribution in [0.1, 0.15) is 56.3 Å². The van der Waals surface area contributed by atoms with E-state index in [4.69, 9.17) is 9.72 Å². The molecule has 0 aliphatic carbocycles. The summed E-state index contributed by atoms with van der Waals surface area (Å²) in [6, 6.07) is 9.95. The van der Waals surface area contributed by atoms with E-state index in [2.05, 4.69) is 25.3 Å². The summed E-state index contributed by atoms with van der Waals surface area (Å²) < 4.78 is 8.22. The number of nitrogens with zero attached hydrogens (tertiary/aromatic N) is 2. The second kappa shape index (κ2) is 7.64. The first-order valence-corrected chi connectivity index (χ1v) is 10.0. The Morgan fingerprint density at radius 1 is 1.17 bits per heavy atom. The Labute approximate surface area is 172 Å². The van der Waals surface area contributed by atoms with Gasteiger partial charge in [-0.15, -0.1) is 0 Å². The minimum Gasteiger partial charge on any atom is -0.479 e. The predicted octanol–water partition coefficient (Wildman–Crippen LogP) is 5.59. The van der Waals surface area contributed by atoms with Gasteiger partial charge in [0.1, 0.15) is 5.65 Å². The summed E-state index contributed by atoms with van der Waals surface area (Å²) in [5.74, 6) is -1.01. The molecule has 0 bridgehead atoms. The van der Waals surface area contributed by atoms with Crippen LogP contribution in [-0.4, -0.2) is 26.2 Å². The number of carboxylic acid groups (broad SMARTS) is 1. The fourth-order valence-electron chi connectivity index (χ4n) is 3.99. The van der Waals surface area contributed by atoms with E-state index in [1.165, 1.54) is 0 Å². The van der Waals surface area contributed by atoms with Crippen molar-refractivity contribution in [3.63, 3.8) is 0 Å². The van der Waals surface area contributed by atoms with Crippen LogP contribution in [0.15, 0.2) is 30.3 Å². The van der Waals surface area contributed by atoms with Gasteiger partial charge >= 0.3 is 5.97 Å². The molecule has 29 heavy (non-hydrogen) atoms. The maximum atomic E-state index is 12.3. The van der Waals surface area contributed by atoms with Gasteiger partial charge in [0, 0.05) is 34.4 Å². The van der Waals surface area contributed by atoms with Crippen LogP contribution in [0, 0.1) is 20.8 Å². The number of pyridine rings is 1. The Morgan fingerprint density at radius 3 is 2.31 bits per heavy atom. The highest BCUT2D eigenvalue weighted by Gasteiger charge is 2.33. The average molecular weight is 395 g/mol. The first-order chi connectivity index (χ1) is 13.6. The molecule has 154 valence electrons. The molecule has 5 nitrogen and oxygen atoms in total. The Kier molecular flexibility index (Phi) is 5.54. The van der Waals surface area contributed by atoms with Crippen molar-refractivity contribution in [1.29, 1.82) is 0 Å². The number of benzene rings is 1. The maximum absolute atomic E-state index is 12.3. The molecule has 5 heteroatoms. The van der Waals surface area contributed by atoms with Crippen molar-refractivity contribution in [2.45, 2.75) is 66.7 Å². The van der Waals surface area contributed by atoms with E-state index in [9.17, 15) is 9.90 Å². The summed E-state index contributed by atoms with van der Waals surface area (Å²) in [6.07, 6.45) is -1.10. The van der Waals surface area contributed by atoms with Gasteiger partial charge in [-0.2, -0.15) is 0 Å². The second-order valence-corrected chi connectivity index (χ2v) is 8.45. The molecule has 0 radical (unpaired) electrons. The first-order valence-electron chi connectivity index (χ1n) is 10.0. The number of aliphatic carboxylic acids is 1. The monoisotopic (exact) mass is 394 g/mol.